The minimum Gasteiger partial charge on any atom is -0.508 e. The van der Waals surface area contributed by atoms with Crippen LogP contribution in [0.4, 0.5) is 32.6 Å². The molecule has 11 nitrogen and oxygen atoms in total. The molecule has 0 spiro atoms. The Hall–Kier alpha value is -5.17. The Labute approximate surface area is 325 Å². The highest BCUT2D eigenvalue weighted by molar-refractivity contribution is 6.04. The van der Waals surface area contributed by atoms with E-state index in [1.807, 2.05) is 4.90 Å². The van der Waals surface area contributed by atoms with E-state index >= 15 is 8.78 Å². The average molecular weight is 793 g/mol. The number of phenolic OH excluding ortho intramolecular Hbond substituents is 1. The highest BCUT2D eigenvalue weighted by atomic mass is 19.4. The van der Waals surface area contributed by atoms with Crippen LogP contribution in [-0.2, 0) is 4.74 Å². The lowest BCUT2D eigenvalue weighted by Crippen LogP contribution is -2.58. The Morgan fingerprint density at radius 3 is 2.35 bits per heavy atom. The zero-order chi connectivity index (χ0) is 40.2. The second kappa shape index (κ2) is 13.2. The number of alkyl halides is 3. The topological polar surface area (TPSA) is 113 Å². The van der Waals surface area contributed by atoms with E-state index in [0.717, 1.165) is 64.2 Å². The quantitative estimate of drug-likeness (QED) is 0.140. The van der Waals surface area contributed by atoms with E-state index in [1.165, 1.54) is 36.6 Å². The molecule has 2 aliphatic carbocycles. The first-order valence-corrected chi connectivity index (χ1v) is 19.1. The average Bonchev–Trinajstić information content (AvgIpc) is 4.04. The number of halogens is 5. The van der Waals surface area contributed by atoms with Crippen molar-refractivity contribution in [1.82, 2.24) is 24.8 Å². The first-order chi connectivity index (χ1) is 27.1. The van der Waals surface area contributed by atoms with E-state index in [2.05, 4.69) is 20.8 Å². The van der Waals surface area contributed by atoms with Gasteiger partial charge in [-0.1, -0.05) is 12.0 Å². The lowest BCUT2D eigenvalue weighted by Gasteiger charge is -2.42. The van der Waals surface area contributed by atoms with Crippen molar-refractivity contribution in [3.63, 3.8) is 0 Å². The lowest BCUT2D eigenvalue weighted by molar-refractivity contribution is -0.246. The van der Waals surface area contributed by atoms with Gasteiger partial charge in [-0.05, 0) is 81.4 Å². The summed E-state index contributed by atoms with van der Waals surface area (Å²) in [4.78, 5) is 32.9. The van der Waals surface area contributed by atoms with Gasteiger partial charge in [0.1, 0.15) is 34.0 Å². The minimum absolute atomic E-state index is 0.00493. The number of piperidine rings is 1. The fourth-order valence-electron chi connectivity index (χ4n) is 9.02. The Balaban J connectivity index is 1.12. The molecule has 9 rings (SSSR count). The number of likely N-dealkylation sites (tertiary alicyclic amines) is 1. The van der Waals surface area contributed by atoms with E-state index in [-0.39, 0.29) is 75.1 Å². The number of terminal acetylenes is 1. The Bertz CT molecular complexity index is 2340. The van der Waals surface area contributed by atoms with Gasteiger partial charge in [-0.2, -0.15) is 23.1 Å². The second-order valence-electron chi connectivity index (χ2n) is 16.8. The number of hydrogen-bond donors (Lipinski definition) is 1. The molecule has 300 valence electrons. The van der Waals surface area contributed by atoms with Crippen LogP contribution < -0.4 is 14.4 Å². The summed E-state index contributed by atoms with van der Waals surface area (Å²) in [7, 11) is 1.34. The fourth-order valence-corrected chi connectivity index (χ4v) is 9.02. The number of methoxy groups -OCH3 is 1. The number of nitrogens with zero attached hydrogens (tertiary/aromatic N) is 6. The summed E-state index contributed by atoms with van der Waals surface area (Å²) < 4.78 is 90.5. The van der Waals surface area contributed by atoms with Gasteiger partial charge in [0.05, 0.1) is 31.4 Å². The molecule has 1 N–H and O–H groups in total. The van der Waals surface area contributed by atoms with Gasteiger partial charge >= 0.3 is 18.3 Å². The molecule has 3 saturated heterocycles. The van der Waals surface area contributed by atoms with Crippen molar-refractivity contribution in [2.75, 3.05) is 51.3 Å². The van der Waals surface area contributed by atoms with Crippen LogP contribution >= 0.6 is 0 Å². The van der Waals surface area contributed by atoms with Gasteiger partial charge in [0.25, 0.3) is 0 Å². The van der Waals surface area contributed by atoms with E-state index in [1.54, 1.807) is 0 Å². The normalized spacial score (nSPS) is 23.8. The zero-order valence-corrected chi connectivity index (χ0v) is 31.6. The summed E-state index contributed by atoms with van der Waals surface area (Å²) in [6.07, 6.45) is 4.07. The number of carbonyl (C=O) groups excluding carboxylic acids is 1. The smallest absolute Gasteiger partial charge is 0.427 e. The summed E-state index contributed by atoms with van der Waals surface area (Å²) >= 11 is 0. The van der Waals surface area contributed by atoms with Crippen LogP contribution in [-0.4, -0.2) is 106 Å². The molecule has 5 aliphatic rings. The second-order valence-corrected chi connectivity index (χ2v) is 16.8. The van der Waals surface area contributed by atoms with Gasteiger partial charge < -0.3 is 29.1 Å². The van der Waals surface area contributed by atoms with E-state index in [4.69, 9.17) is 25.6 Å². The van der Waals surface area contributed by atoms with E-state index < -0.39 is 41.6 Å². The summed E-state index contributed by atoms with van der Waals surface area (Å²) in [5.74, 6) is 2.11. The zero-order valence-electron chi connectivity index (χ0n) is 31.6. The van der Waals surface area contributed by atoms with Crippen LogP contribution in [0.2, 0.25) is 0 Å². The molecular weight excluding hydrogens is 751 g/mol. The van der Waals surface area contributed by atoms with Crippen molar-refractivity contribution < 1.29 is 46.1 Å². The minimum atomic E-state index is -4.78. The number of aromatic hydroxyl groups is 1. The summed E-state index contributed by atoms with van der Waals surface area (Å²) in [6, 6.07) is 4.01. The number of fused-ring (bicyclic) bond motifs is 5. The number of piperazine rings is 1. The van der Waals surface area contributed by atoms with Crippen molar-refractivity contribution >= 4 is 33.6 Å². The van der Waals surface area contributed by atoms with Crippen molar-refractivity contribution in [3.8, 4) is 41.2 Å². The SMILES string of the molecule is C#Cc1c(F)ccc2cc(O)cc(-c3nc(OC)c4c(N5CC6CCC(C5)N6C(=O)OC(C)(C)C(F)(F)F)nc(OCC5(CN6CC7CC7C6)CC5)nc4c3F)c12. The van der Waals surface area contributed by atoms with Crippen LogP contribution in [0, 0.1) is 41.2 Å². The molecule has 4 aromatic rings. The molecule has 4 unspecified atom stereocenters. The van der Waals surface area contributed by atoms with Crippen LogP contribution in [0.3, 0.4) is 0 Å². The molecule has 57 heavy (non-hydrogen) atoms. The molecule has 0 radical (unpaired) electrons. The third kappa shape index (κ3) is 6.47. The van der Waals surface area contributed by atoms with Gasteiger partial charge in [0, 0.05) is 49.1 Å². The van der Waals surface area contributed by atoms with Crippen LogP contribution in [0.25, 0.3) is 32.9 Å². The number of carbonyl (C=O) groups is 1. The Kier molecular flexibility index (Phi) is 8.65. The molecule has 4 atom stereocenters. The molecule has 5 heterocycles. The summed E-state index contributed by atoms with van der Waals surface area (Å²) in [6.45, 7) is 5.19. The maximum absolute atomic E-state index is 17.3. The van der Waals surface area contributed by atoms with Crippen LogP contribution in [0.15, 0.2) is 24.3 Å². The van der Waals surface area contributed by atoms with Crippen molar-refractivity contribution in [1.29, 1.82) is 0 Å². The molecule has 2 saturated carbocycles. The number of hydrogen-bond acceptors (Lipinski definition) is 10. The van der Waals surface area contributed by atoms with Gasteiger partial charge in [0.2, 0.25) is 11.5 Å². The standard InChI is InChI=1S/C41H41F5N6O5/c1-5-27-29(42)9-6-21-13-26(53)14-28(30(21)27)33-32(43)34-31(36(47-33)55-4)35(49-37(48-34)56-20-40(10-11-40)19-50-15-22-12-23(22)16-50)51-17-24-7-8-25(18-51)52(24)38(54)57-39(2,3)41(44,45)46/h1,6,9,13-14,22-25,53H,7-8,10-12,15-20H2,2-4H3. The number of aromatic nitrogens is 3. The fraction of sp³-hybridized carbons (Fsp3) is 0.512. The maximum Gasteiger partial charge on any atom is 0.427 e. The molecule has 3 aliphatic heterocycles. The van der Waals surface area contributed by atoms with Gasteiger partial charge in [-0.25, -0.2) is 18.6 Å². The number of rotatable bonds is 9. The maximum atomic E-state index is 17.3. The van der Waals surface area contributed by atoms with Crippen molar-refractivity contribution in [3.05, 3.63) is 41.5 Å². The number of phenols is 1. The molecule has 5 fully saturated rings. The molecule has 2 bridgehead atoms. The predicted molar refractivity (Wildman–Crippen MR) is 199 cm³/mol. The molecule has 1 amide bonds. The number of anilines is 1. The van der Waals surface area contributed by atoms with Gasteiger partial charge in [-0.3, -0.25) is 4.90 Å². The third-order valence-electron chi connectivity index (χ3n) is 12.5. The number of ether oxygens (including phenoxy) is 3. The van der Waals surface area contributed by atoms with Crippen molar-refractivity contribution in [2.24, 2.45) is 17.3 Å². The highest BCUT2D eigenvalue weighted by Crippen LogP contribution is 2.51. The molecular formula is C41H41F5N6O5. The Morgan fingerprint density at radius 2 is 1.72 bits per heavy atom. The molecule has 2 aromatic carbocycles. The number of pyridine rings is 1. The summed E-state index contributed by atoms with van der Waals surface area (Å²) in [5.41, 5.74) is -3.48. The first kappa shape index (κ1) is 37.4. The highest BCUT2D eigenvalue weighted by Gasteiger charge is 2.54. The van der Waals surface area contributed by atoms with Crippen LogP contribution in [0.5, 0.6) is 17.6 Å². The summed E-state index contributed by atoms with van der Waals surface area (Å²) in [5, 5.41) is 11.3. The van der Waals surface area contributed by atoms with Crippen LogP contribution in [0.1, 0.15) is 51.5 Å². The molecule has 2 aromatic heterocycles. The van der Waals surface area contributed by atoms with Gasteiger partial charge in [-0.15, -0.1) is 6.42 Å². The molecule has 16 heteroatoms. The largest absolute Gasteiger partial charge is 0.508 e. The van der Waals surface area contributed by atoms with E-state index in [9.17, 15) is 23.1 Å². The van der Waals surface area contributed by atoms with E-state index in [0.29, 0.717) is 24.8 Å². The van der Waals surface area contributed by atoms with Gasteiger partial charge in [0.15, 0.2) is 5.82 Å². The predicted octanol–water partition coefficient (Wildman–Crippen LogP) is 7.06. The monoisotopic (exact) mass is 792 g/mol. The van der Waals surface area contributed by atoms with Crippen molar-refractivity contribution in [2.45, 2.75) is 69.8 Å². The third-order valence-corrected chi connectivity index (χ3v) is 12.5. The Morgan fingerprint density at radius 1 is 1.02 bits per heavy atom. The first-order valence-electron chi connectivity index (χ1n) is 19.1. The lowest BCUT2D eigenvalue weighted by atomic mass is 9.95. The number of benzene rings is 2. The number of amides is 1.